The second-order valence-corrected chi connectivity index (χ2v) is 4.10. The van der Waals surface area contributed by atoms with Gasteiger partial charge in [0.05, 0.1) is 12.1 Å². The van der Waals surface area contributed by atoms with Gasteiger partial charge in [0.2, 0.25) is 5.88 Å². The molecule has 1 aliphatic heterocycles. The topological polar surface area (TPSA) is 22.1 Å². The lowest BCUT2D eigenvalue weighted by Crippen LogP contribution is -2.09. The summed E-state index contributed by atoms with van der Waals surface area (Å²) >= 11 is 0. The number of ether oxygens (including phenoxy) is 1. The Morgan fingerprint density at radius 2 is 2.20 bits per heavy atom. The van der Waals surface area contributed by atoms with E-state index in [0.717, 1.165) is 30.8 Å². The Kier molecular flexibility index (Phi) is 1.88. The van der Waals surface area contributed by atoms with Crippen molar-refractivity contribution in [1.29, 1.82) is 0 Å². The maximum absolute atomic E-state index is 5.55. The summed E-state index contributed by atoms with van der Waals surface area (Å²) in [5.74, 6) is 0.831. The quantitative estimate of drug-likeness (QED) is 0.651. The van der Waals surface area contributed by atoms with Crippen LogP contribution in [-0.4, -0.2) is 11.6 Å². The molecule has 0 bridgehead atoms. The SMILES string of the molecule is Cc1ccc2nc3c(cc2c1)CCCO3. The fraction of sp³-hybridized carbons (Fsp3) is 0.308. The average molecular weight is 199 g/mol. The van der Waals surface area contributed by atoms with Crippen LogP contribution in [0.5, 0.6) is 5.88 Å². The molecule has 0 radical (unpaired) electrons. The molecule has 0 amide bonds. The van der Waals surface area contributed by atoms with E-state index in [-0.39, 0.29) is 0 Å². The number of hydrogen-bond donors (Lipinski definition) is 0. The molecule has 3 rings (SSSR count). The van der Waals surface area contributed by atoms with E-state index in [0.29, 0.717) is 0 Å². The summed E-state index contributed by atoms with van der Waals surface area (Å²) in [6, 6.07) is 8.54. The maximum Gasteiger partial charge on any atom is 0.217 e. The van der Waals surface area contributed by atoms with Crippen LogP contribution in [0.3, 0.4) is 0 Å². The van der Waals surface area contributed by atoms with E-state index in [1.165, 1.54) is 16.5 Å². The van der Waals surface area contributed by atoms with Gasteiger partial charge in [0.25, 0.3) is 0 Å². The molecule has 0 unspecified atom stereocenters. The van der Waals surface area contributed by atoms with Crippen molar-refractivity contribution in [2.45, 2.75) is 19.8 Å². The molecule has 1 aromatic heterocycles. The Labute approximate surface area is 88.9 Å². The highest BCUT2D eigenvalue weighted by Gasteiger charge is 2.12. The lowest BCUT2D eigenvalue weighted by Gasteiger charge is -2.16. The number of nitrogens with zero attached hydrogens (tertiary/aromatic N) is 1. The third-order valence-electron chi connectivity index (χ3n) is 2.84. The van der Waals surface area contributed by atoms with Gasteiger partial charge in [-0.25, -0.2) is 4.98 Å². The molecule has 0 saturated heterocycles. The molecule has 0 saturated carbocycles. The first-order chi connectivity index (χ1) is 7.33. The van der Waals surface area contributed by atoms with Gasteiger partial charge in [-0.2, -0.15) is 0 Å². The molecule has 1 aliphatic rings. The van der Waals surface area contributed by atoms with Gasteiger partial charge >= 0.3 is 0 Å². The first-order valence-electron chi connectivity index (χ1n) is 5.36. The van der Waals surface area contributed by atoms with Gasteiger partial charge in [-0.1, -0.05) is 11.6 Å². The summed E-state index contributed by atoms with van der Waals surface area (Å²) < 4.78 is 5.55. The Bertz CT molecular complexity index is 519. The molecule has 0 aliphatic carbocycles. The summed E-state index contributed by atoms with van der Waals surface area (Å²) in [4.78, 5) is 4.53. The van der Waals surface area contributed by atoms with E-state index < -0.39 is 0 Å². The fourth-order valence-corrected chi connectivity index (χ4v) is 2.06. The Balaban J connectivity index is 2.26. The summed E-state index contributed by atoms with van der Waals surface area (Å²) in [5, 5.41) is 1.22. The number of rotatable bonds is 0. The smallest absolute Gasteiger partial charge is 0.217 e. The van der Waals surface area contributed by atoms with E-state index in [1.54, 1.807) is 0 Å². The van der Waals surface area contributed by atoms with E-state index in [9.17, 15) is 0 Å². The van der Waals surface area contributed by atoms with Crippen LogP contribution in [0.25, 0.3) is 10.9 Å². The Morgan fingerprint density at radius 3 is 3.13 bits per heavy atom. The van der Waals surface area contributed by atoms with Gasteiger partial charge in [0.15, 0.2) is 0 Å². The van der Waals surface area contributed by atoms with Gasteiger partial charge in [0.1, 0.15) is 0 Å². The first-order valence-corrected chi connectivity index (χ1v) is 5.36. The predicted octanol–water partition coefficient (Wildman–Crippen LogP) is 2.87. The number of pyridine rings is 1. The molecule has 0 N–H and O–H groups in total. The average Bonchev–Trinajstić information content (AvgIpc) is 2.26. The Hall–Kier alpha value is -1.57. The van der Waals surface area contributed by atoms with Crippen LogP contribution in [0, 0.1) is 6.92 Å². The molecule has 76 valence electrons. The molecule has 2 nitrogen and oxygen atoms in total. The second kappa shape index (κ2) is 3.23. The van der Waals surface area contributed by atoms with Gasteiger partial charge in [0, 0.05) is 10.9 Å². The van der Waals surface area contributed by atoms with E-state index in [2.05, 4.69) is 36.2 Å². The fourth-order valence-electron chi connectivity index (χ4n) is 2.06. The first kappa shape index (κ1) is 8.72. The van der Waals surface area contributed by atoms with Crippen LogP contribution in [-0.2, 0) is 6.42 Å². The summed E-state index contributed by atoms with van der Waals surface area (Å²) in [6.07, 6.45) is 2.19. The van der Waals surface area contributed by atoms with Crippen LogP contribution in [0.1, 0.15) is 17.5 Å². The summed E-state index contributed by atoms with van der Waals surface area (Å²) in [6.45, 7) is 2.91. The maximum atomic E-state index is 5.55. The highest BCUT2D eigenvalue weighted by Crippen LogP contribution is 2.26. The third kappa shape index (κ3) is 1.46. The zero-order chi connectivity index (χ0) is 10.3. The number of fused-ring (bicyclic) bond motifs is 2. The zero-order valence-corrected chi connectivity index (χ0v) is 8.79. The van der Waals surface area contributed by atoms with Crippen molar-refractivity contribution in [1.82, 2.24) is 4.98 Å². The van der Waals surface area contributed by atoms with Crippen molar-refractivity contribution in [2.24, 2.45) is 0 Å². The van der Waals surface area contributed by atoms with E-state index in [4.69, 9.17) is 4.74 Å². The van der Waals surface area contributed by atoms with E-state index in [1.807, 2.05) is 0 Å². The monoisotopic (exact) mass is 199 g/mol. The van der Waals surface area contributed by atoms with Crippen molar-refractivity contribution in [3.8, 4) is 5.88 Å². The number of aryl methyl sites for hydroxylation is 2. The minimum Gasteiger partial charge on any atom is -0.477 e. The molecule has 15 heavy (non-hydrogen) atoms. The summed E-state index contributed by atoms with van der Waals surface area (Å²) in [7, 11) is 0. The third-order valence-corrected chi connectivity index (χ3v) is 2.84. The van der Waals surface area contributed by atoms with Gasteiger partial charge in [-0.15, -0.1) is 0 Å². The van der Waals surface area contributed by atoms with Crippen molar-refractivity contribution < 1.29 is 4.74 Å². The highest BCUT2D eigenvalue weighted by molar-refractivity contribution is 5.80. The van der Waals surface area contributed by atoms with E-state index >= 15 is 0 Å². The van der Waals surface area contributed by atoms with Crippen LogP contribution in [0.2, 0.25) is 0 Å². The minimum atomic E-state index is 0.803. The molecular formula is C13H13NO. The minimum absolute atomic E-state index is 0.803. The summed E-state index contributed by atoms with van der Waals surface area (Å²) in [5.41, 5.74) is 3.56. The van der Waals surface area contributed by atoms with Crippen molar-refractivity contribution in [3.05, 3.63) is 35.4 Å². The predicted molar refractivity (Wildman–Crippen MR) is 60.3 cm³/mol. The molecule has 2 heteroatoms. The molecular weight excluding hydrogens is 186 g/mol. The normalized spacial score (nSPS) is 14.7. The largest absolute Gasteiger partial charge is 0.477 e. The van der Waals surface area contributed by atoms with Crippen molar-refractivity contribution in [3.63, 3.8) is 0 Å². The standard InChI is InChI=1S/C13H13NO/c1-9-4-5-12-11(7-9)8-10-3-2-6-15-13(10)14-12/h4-5,7-8H,2-3,6H2,1H3. The Morgan fingerprint density at radius 1 is 1.27 bits per heavy atom. The van der Waals surface area contributed by atoms with Crippen LogP contribution in [0.4, 0.5) is 0 Å². The molecule has 0 fully saturated rings. The molecule has 2 aromatic rings. The number of benzene rings is 1. The molecule has 1 aromatic carbocycles. The van der Waals surface area contributed by atoms with Gasteiger partial charge in [-0.05, 0) is 38.0 Å². The molecule has 0 spiro atoms. The highest BCUT2D eigenvalue weighted by atomic mass is 16.5. The lowest BCUT2D eigenvalue weighted by molar-refractivity contribution is 0.277. The molecule has 0 atom stereocenters. The second-order valence-electron chi connectivity index (χ2n) is 4.10. The van der Waals surface area contributed by atoms with Gasteiger partial charge in [-0.3, -0.25) is 0 Å². The molecule has 2 heterocycles. The number of hydrogen-bond acceptors (Lipinski definition) is 2. The van der Waals surface area contributed by atoms with Crippen molar-refractivity contribution in [2.75, 3.05) is 6.61 Å². The van der Waals surface area contributed by atoms with Crippen LogP contribution >= 0.6 is 0 Å². The van der Waals surface area contributed by atoms with Gasteiger partial charge < -0.3 is 4.74 Å². The van der Waals surface area contributed by atoms with Crippen LogP contribution < -0.4 is 4.74 Å². The lowest BCUT2D eigenvalue weighted by atomic mass is 10.1. The number of aromatic nitrogens is 1. The van der Waals surface area contributed by atoms with Crippen LogP contribution in [0.15, 0.2) is 24.3 Å². The zero-order valence-electron chi connectivity index (χ0n) is 8.79. The van der Waals surface area contributed by atoms with Crippen molar-refractivity contribution >= 4 is 10.9 Å².